The Kier molecular flexibility index (Phi) is 8.71. The number of halogens is 1. The Morgan fingerprint density at radius 1 is 0.950 bits per heavy atom. The maximum atomic E-state index is 13.3. The van der Waals surface area contributed by atoms with Gasteiger partial charge < -0.3 is 9.47 Å². The number of amides is 1. The number of nitrogens with zero attached hydrogens (tertiary/aromatic N) is 2. The van der Waals surface area contributed by atoms with Crippen molar-refractivity contribution in [2.45, 2.75) is 20.5 Å². The van der Waals surface area contributed by atoms with Gasteiger partial charge in [0, 0.05) is 10.9 Å². The third-order valence-corrected chi connectivity index (χ3v) is 7.01. The predicted molar refractivity (Wildman–Crippen MR) is 168 cm³/mol. The fraction of sp³-hybridized carbons (Fsp3) is 0.121. The number of hydrogen-bond donors (Lipinski definition) is 1. The largest absolute Gasteiger partial charge is 0.490 e. The van der Waals surface area contributed by atoms with Crippen molar-refractivity contribution in [1.82, 2.24) is 10.4 Å². The number of nitrogens with one attached hydrogen (secondary N) is 1. The summed E-state index contributed by atoms with van der Waals surface area (Å²) in [5, 5.41) is 5.02. The van der Waals surface area contributed by atoms with Crippen LogP contribution in [0.15, 0.2) is 102 Å². The molecule has 200 valence electrons. The SMILES string of the molecule is CCOc1cc(/C=N/NC(=O)c2cc(-c3ccccc3)nc3ccccc23)cc(I)c1OCc1cccc(C)c1. The van der Waals surface area contributed by atoms with Crippen LogP contribution in [0.5, 0.6) is 11.5 Å². The van der Waals surface area contributed by atoms with Gasteiger partial charge in [0.25, 0.3) is 5.91 Å². The molecule has 1 N–H and O–H groups in total. The van der Waals surface area contributed by atoms with E-state index in [-0.39, 0.29) is 5.91 Å². The van der Waals surface area contributed by atoms with Crippen LogP contribution >= 0.6 is 22.6 Å². The van der Waals surface area contributed by atoms with Crippen molar-refractivity contribution in [3.8, 4) is 22.8 Å². The summed E-state index contributed by atoms with van der Waals surface area (Å²) < 4.78 is 12.9. The van der Waals surface area contributed by atoms with Gasteiger partial charge in [0.2, 0.25) is 0 Å². The lowest BCUT2D eigenvalue weighted by Gasteiger charge is -2.15. The van der Waals surface area contributed by atoms with E-state index in [0.29, 0.717) is 30.3 Å². The molecule has 0 radical (unpaired) electrons. The molecule has 40 heavy (non-hydrogen) atoms. The average Bonchev–Trinajstić information content (AvgIpc) is 2.97. The van der Waals surface area contributed by atoms with E-state index in [1.165, 1.54) is 5.56 Å². The molecule has 0 fully saturated rings. The predicted octanol–water partition coefficient (Wildman–Crippen LogP) is 7.56. The zero-order chi connectivity index (χ0) is 27.9. The number of aromatic nitrogens is 1. The van der Waals surface area contributed by atoms with Crippen molar-refractivity contribution < 1.29 is 14.3 Å². The molecule has 0 saturated carbocycles. The molecule has 0 atom stereocenters. The Hall–Kier alpha value is -4.24. The Balaban J connectivity index is 1.36. The van der Waals surface area contributed by atoms with Crippen LogP contribution in [0.2, 0.25) is 0 Å². The number of fused-ring (bicyclic) bond motifs is 1. The number of carbonyl (C=O) groups is 1. The number of pyridine rings is 1. The maximum Gasteiger partial charge on any atom is 0.272 e. The quantitative estimate of drug-likeness (QED) is 0.103. The molecule has 0 bridgehead atoms. The summed E-state index contributed by atoms with van der Waals surface area (Å²) in [6, 6.07) is 31.2. The molecule has 1 amide bonds. The summed E-state index contributed by atoms with van der Waals surface area (Å²) in [5.41, 5.74) is 8.65. The minimum atomic E-state index is -0.315. The molecule has 0 aliphatic heterocycles. The second-order valence-corrected chi connectivity index (χ2v) is 10.3. The highest BCUT2D eigenvalue weighted by atomic mass is 127. The number of benzene rings is 4. The molecule has 1 aromatic heterocycles. The Labute approximate surface area is 247 Å². The van der Waals surface area contributed by atoms with Gasteiger partial charge in [-0.3, -0.25) is 4.79 Å². The second kappa shape index (κ2) is 12.7. The van der Waals surface area contributed by atoms with Gasteiger partial charge in [-0.15, -0.1) is 0 Å². The summed E-state index contributed by atoms with van der Waals surface area (Å²) in [7, 11) is 0. The van der Waals surface area contributed by atoms with Crippen LogP contribution in [0, 0.1) is 10.5 Å². The highest BCUT2D eigenvalue weighted by Crippen LogP contribution is 2.34. The van der Waals surface area contributed by atoms with E-state index in [9.17, 15) is 4.79 Å². The first kappa shape index (κ1) is 27.3. The molecule has 0 unspecified atom stereocenters. The third kappa shape index (κ3) is 6.48. The molecular weight excluding hydrogens is 613 g/mol. The fourth-order valence-electron chi connectivity index (χ4n) is 4.37. The van der Waals surface area contributed by atoms with Gasteiger partial charge in [-0.2, -0.15) is 5.10 Å². The van der Waals surface area contributed by atoms with E-state index in [1.807, 2.05) is 85.8 Å². The van der Waals surface area contributed by atoms with Crippen LogP contribution in [0.3, 0.4) is 0 Å². The number of hydrogen-bond acceptors (Lipinski definition) is 5. The van der Waals surface area contributed by atoms with Crippen LogP contribution in [0.25, 0.3) is 22.2 Å². The van der Waals surface area contributed by atoms with Gasteiger partial charge in [0.1, 0.15) is 6.61 Å². The van der Waals surface area contributed by atoms with Crippen LogP contribution < -0.4 is 14.9 Å². The summed E-state index contributed by atoms with van der Waals surface area (Å²) in [6.45, 7) is 4.92. The zero-order valence-corrected chi connectivity index (χ0v) is 24.4. The highest BCUT2D eigenvalue weighted by molar-refractivity contribution is 14.1. The van der Waals surface area contributed by atoms with Crippen LogP contribution in [0.4, 0.5) is 0 Å². The lowest BCUT2D eigenvalue weighted by atomic mass is 10.0. The fourth-order valence-corrected chi connectivity index (χ4v) is 5.15. The Bertz CT molecular complexity index is 1690. The number of aryl methyl sites for hydroxylation is 1. The van der Waals surface area contributed by atoms with Crippen molar-refractivity contribution in [2.75, 3.05) is 6.61 Å². The highest BCUT2D eigenvalue weighted by Gasteiger charge is 2.15. The molecule has 0 saturated heterocycles. The van der Waals surface area contributed by atoms with Crippen molar-refractivity contribution in [2.24, 2.45) is 5.10 Å². The molecule has 4 aromatic carbocycles. The van der Waals surface area contributed by atoms with Gasteiger partial charge in [-0.25, -0.2) is 10.4 Å². The molecule has 0 spiro atoms. The first-order valence-corrected chi connectivity index (χ1v) is 14.0. The van der Waals surface area contributed by atoms with Crippen LogP contribution in [-0.4, -0.2) is 23.7 Å². The van der Waals surface area contributed by atoms with Gasteiger partial charge in [0.15, 0.2) is 11.5 Å². The summed E-state index contributed by atoms with van der Waals surface area (Å²) >= 11 is 2.23. The molecule has 5 aromatic rings. The van der Waals surface area contributed by atoms with Gasteiger partial charge in [0.05, 0.1) is 33.2 Å². The van der Waals surface area contributed by atoms with E-state index in [2.05, 4.69) is 52.2 Å². The van der Waals surface area contributed by atoms with E-state index in [4.69, 9.17) is 14.5 Å². The van der Waals surface area contributed by atoms with E-state index in [0.717, 1.165) is 36.9 Å². The number of hydrazone groups is 1. The van der Waals surface area contributed by atoms with Crippen molar-refractivity contribution in [3.63, 3.8) is 0 Å². The summed E-state index contributed by atoms with van der Waals surface area (Å²) in [4.78, 5) is 18.0. The first-order chi connectivity index (χ1) is 19.5. The average molecular weight is 642 g/mol. The van der Waals surface area contributed by atoms with E-state index >= 15 is 0 Å². The smallest absolute Gasteiger partial charge is 0.272 e. The first-order valence-electron chi connectivity index (χ1n) is 12.9. The van der Waals surface area contributed by atoms with Gasteiger partial charge in [-0.05, 0) is 71.8 Å². The number of carbonyl (C=O) groups excluding carboxylic acids is 1. The lowest BCUT2D eigenvalue weighted by molar-refractivity contribution is 0.0956. The van der Waals surface area contributed by atoms with Gasteiger partial charge in [-0.1, -0.05) is 78.4 Å². The zero-order valence-electron chi connectivity index (χ0n) is 22.2. The van der Waals surface area contributed by atoms with Crippen molar-refractivity contribution in [3.05, 3.63) is 123 Å². The minimum Gasteiger partial charge on any atom is -0.490 e. The summed E-state index contributed by atoms with van der Waals surface area (Å²) in [5.74, 6) is 0.995. The van der Waals surface area contributed by atoms with Crippen molar-refractivity contribution in [1.29, 1.82) is 0 Å². The normalized spacial score (nSPS) is 11.1. The van der Waals surface area contributed by atoms with Crippen LogP contribution in [-0.2, 0) is 6.61 Å². The molecular formula is C33H28IN3O3. The molecule has 0 aliphatic carbocycles. The Morgan fingerprint density at radius 2 is 1.75 bits per heavy atom. The monoisotopic (exact) mass is 641 g/mol. The van der Waals surface area contributed by atoms with Crippen molar-refractivity contribution >= 4 is 45.6 Å². The second-order valence-electron chi connectivity index (χ2n) is 9.18. The van der Waals surface area contributed by atoms with E-state index < -0.39 is 0 Å². The molecule has 6 nitrogen and oxygen atoms in total. The topological polar surface area (TPSA) is 72.8 Å². The maximum absolute atomic E-state index is 13.3. The molecule has 5 rings (SSSR count). The lowest BCUT2D eigenvalue weighted by Crippen LogP contribution is -2.18. The molecule has 0 aliphatic rings. The molecule has 1 heterocycles. The van der Waals surface area contributed by atoms with E-state index in [1.54, 1.807) is 12.3 Å². The number of ether oxygens (including phenoxy) is 2. The number of rotatable bonds is 9. The standard InChI is InChI=1S/C33H28IN3O3/c1-3-39-31-18-24(17-28(34)32(31)40-21-23-11-9-10-22(2)16-23)20-35-37-33(38)27-19-30(25-12-5-4-6-13-25)36-29-15-8-7-14-26(27)29/h4-20H,3,21H2,1-2H3,(H,37,38)/b35-20+. The van der Waals surface area contributed by atoms with Crippen LogP contribution in [0.1, 0.15) is 34.0 Å². The summed E-state index contributed by atoms with van der Waals surface area (Å²) in [6.07, 6.45) is 1.61. The third-order valence-electron chi connectivity index (χ3n) is 6.21. The minimum absolute atomic E-state index is 0.315. The Morgan fingerprint density at radius 3 is 2.55 bits per heavy atom. The number of para-hydroxylation sites is 1. The van der Waals surface area contributed by atoms with Gasteiger partial charge >= 0.3 is 0 Å². The molecule has 7 heteroatoms.